The molecule has 4 aromatic carbocycles. The van der Waals surface area contributed by atoms with E-state index in [1.54, 1.807) is 0 Å². The fourth-order valence-electron chi connectivity index (χ4n) is 4.74. The van der Waals surface area contributed by atoms with Crippen LogP contribution < -0.4 is 16.0 Å². The summed E-state index contributed by atoms with van der Waals surface area (Å²) in [5, 5.41) is 15.5. The minimum Gasteiger partial charge on any atom is -0.383 e. The minimum absolute atomic E-state index is 0.832. The first-order valence-corrected chi connectivity index (χ1v) is 12.1. The van der Waals surface area contributed by atoms with E-state index < -0.39 is 0 Å². The van der Waals surface area contributed by atoms with Gasteiger partial charge in [-0.05, 0) is 24.3 Å². The van der Waals surface area contributed by atoms with Crippen molar-refractivity contribution >= 4 is 55.0 Å². The average molecular weight is 458 g/mol. The summed E-state index contributed by atoms with van der Waals surface area (Å²) in [5.74, 6) is 0. The fraction of sp³-hybridized carbons (Fsp3) is 0.133. The molecule has 0 atom stereocenters. The van der Waals surface area contributed by atoms with Crippen molar-refractivity contribution in [1.29, 1.82) is 0 Å². The fourth-order valence-corrected chi connectivity index (χ4v) is 4.74. The van der Waals surface area contributed by atoms with Gasteiger partial charge in [0.05, 0.1) is 33.4 Å². The van der Waals surface area contributed by atoms with Crippen molar-refractivity contribution in [1.82, 2.24) is 15.3 Å². The van der Waals surface area contributed by atoms with Gasteiger partial charge in [-0.2, -0.15) is 0 Å². The minimum atomic E-state index is 0.832. The third-order valence-corrected chi connectivity index (χ3v) is 6.38. The standard InChI is InChI=1S/C30H27N5/c1-5-13-25-21(9-1)29(22-10-2-6-14-26(22)34-25)32-19-17-31-18-20-33-30-23-11-3-7-15-27(23)35-28-16-8-4-12-24(28)30/h1-16,31H,17-20H2,(H,32,34)(H,33,35). The first kappa shape index (κ1) is 21.3. The maximum absolute atomic E-state index is 4.81. The molecule has 0 amide bonds. The molecule has 5 nitrogen and oxygen atoms in total. The number of pyridine rings is 2. The van der Waals surface area contributed by atoms with E-state index in [9.17, 15) is 0 Å². The monoisotopic (exact) mass is 457 g/mol. The van der Waals surface area contributed by atoms with Crippen molar-refractivity contribution < 1.29 is 0 Å². The summed E-state index contributed by atoms with van der Waals surface area (Å²) in [6.45, 7) is 3.40. The van der Waals surface area contributed by atoms with E-state index in [1.165, 1.54) is 0 Å². The van der Waals surface area contributed by atoms with Crippen LogP contribution in [0.15, 0.2) is 97.1 Å². The Morgan fingerprint density at radius 1 is 0.400 bits per heavy atom. The van der Waals surface area contributed by atoms with Gasteiger partial charge < -0.3 is 16.0 Å². The van der Waals surface area contributed by atoms with E-state index in [0.29, 0.717) is 0 Å². The maximum atomic E-state index is 4.81. The topological polar surface area (TPSA) is 61.9 Å². The van der Waals surface area contributed by atoms with E-state index in [4.69, 9.17) is 9.97 Å². The van der Waals surface area contributed by atoms with Gasteiger partial charge in [-0.3, -0.25) is 0 Å². The number of rotatable bonds is 8. The number of nitrogens with zero attached hydrogens (tertiary/aromatic N) is 2. The lowest BCUT2D eigenvalue weighted by Gasteiger charge is -2.15. The van der Waals surface area contributed by atoms with Gasteiger partial charge in [-0.25, -0.2) is 9.97 Å². The Balaban J connectivity index is 1.10. The molecule has 0 aliphatic rings. The molecule has 5 heteroatoms. The highest BCUT2D eigenvalue weighted by atomic mass is 15.0. The number of benzene rings is 4. The van der Waals surface area contributed by atoms with Crippen LogP contribution in [0.5, 0.6) is 0 Å². The largest absolute Gasteiger partial charge is 0.383 e. The van der Waals surface area contributed by atoms with Gasteiger partial charge in [0.15, 0.2) is 0 Å². The van der Waals surface area contributed by atoms with Gasteiger partial charge in [-0.15, -0.1) is 0 Å². The summed E-state index contributed by atoms with van der Waals surface area (Å²) in [6, 6.07) is 33.3. The van der Waals surface area contributed by atoms with Crippen molar-refractivity contribution in [2.45, 2.75) is 0 Å². The number of aromatic nitrogens is 2. The van der Waals surface area contributed by atoms with Crippen LogP contribution in [-0.4, -0.2) is 36.1 Å². The van der Waals surface area contributed by atoms with Gasteiger partial charge in [-0.1, -0.05) is 72.8 Å². The number of fused-ring (bicyclic) bond motifs is 4. The molecule has 2 aromatic heterocycles. The van der Waals surface area contributed by atoms with E-state index in [0.717, 1.165) is 81.2 Å². The highest BCUT2D eigenvalue weighted by molar-refractivity contribution is 6.08. The Bertz CT molecular complexity index is 1410. The third kappa shape index (κ3) is 4.22. The molecule has 0 saturated carbocycles. The first-order chi connectivity index (χ1) is 17.4. The van der Waals surface area contributed by atoms with Crippen LogP contribution >= 0.6 is 0 Å². The lowest BCUT2D eigenvalue weighted by atomic mass is 10.1. The molecule has 6 aromatic rings. The Hall–Kier alpha value is -4.22. The molecule has 6 rings (SSSR count). The molecular formula is C30H27N5. The number of anilines is 2. The third-order valence-electron chi connectivity index (χ3n) is 6.38. The number of para-hydroxylation sites is 4. The van der Waals surface area contributed by atoms with Crippen LogP contribution in [0.1, 0.15) is 0 Å². The number of nitrogens with one attached hydrogen (secondary N) is 3. The van der Waals surface area contributed by atoms with Crippen molar-refractivity contribution in [2.75, 3.05) is 36.8 Å². The summed E-state index contributed by atoms with van der Waals surface area (Å²) in [5.41, 5.74) is 6.37. The molecule has 0 fully saturated rings. The lowest BCUT2D eigenvalue weighted by Crippen LogP contribution is -2.27. The summed E-state index contributed by atoms with van der Waals surface area (Å²) >= 11 is 0. The zero-order valence-electron chi connectivity index (χ0n) is 19.5. The Kier molecular flexibility index (Phi) is 5.83. The Labute approximate surface area is 204 Å². The molecule has 0 bridgehead atoms. The molecule has 0 saturated heterocycles. The highest BCUT2D eigenvalue weighted by Gasteiger charge is 2.09. The van der Waals surface area contributed by atoms with Crippen molar-refractivity contribution in [3.05, 3.63) is 97.1 Å². The zero-order valence-corrected chi connectivity index (χ0v) is 19.5. The molecular weight excluding hydrogens is 430 g/mol. The highest BCUT2D eigenvalue weighted by Crippen LogP contribution is 2.31. The first-order valence-electron chi connectivity index (χ1n) is 12.1. The average Bonchev–Trinajstić information content (AvgIpc) is 2.91. The van der Waals surface area contributed by atoms with Gasteiger partial charge >= 0.3 is 0 Å². The van der Waals surface area contributed by atoms with Crippen LogP contribution in [0, 0.1) is 0 Å². The second kappa shape index (κ2) is 9.57. The van der Waals surface area contributed by atoms with Crippen molar-refractivity contribution in [3.63, 3.8) is 0 Å². The lowest BCUT2D eigenvalue weighted by molar-refractivity contribution is 0.720. The SMILES string of the molecule is c1ccc2c(NCCNCCNc3c4ccccc4nc4ccccc34)c3ccccc3nc2c1. The summed E-state index contributed by atoms with van der Waals surface area (Å²) < 4.78 is 0. The quantitative estimate of drug-likeness (QED) is 0.188. The van der Waals surface area contributed by atoms with Gasteiger partial charge in [0.1, 0.15) is 0 Å². The predicted octanol–water partition coefficient (Wildman–Crippen LogP) is 6.20. The molecule has 0 aliphatic heterocycles. The van der Waals surface area contributed by atoms with Gasteiger partial charge in [0.25, 0.3) is 0 Å². The van der Waals surface area contributed by atoms with Gasteiger partial charge in [0, 0.05) is 47.7 Å². The Morgan fingerprint density at radius 3 is 1.06 bits per heavy atom. The smallest absolute Gasteiger partial charge is 0.0730 e. The molecule has 172 valence electrons. The second-order valence-electron chi connectivity index (χ2n) is 8.65. The number of hydrogen-bond donors (Lipinski definition) is 3. The zero-order chi connectivity index (χ0) is 23.5. The van der Waals surface area contributed by atoms with E-state index in [2.05, 4.69) is 88.7 Å². The maximum Gasteiger partial charge on any atom is 0.0730 e. The van der Waals surface area contributed by atoms with Crippen LogP contribution in [0.3, 0.4) is 0 Å². The van der Waals surface area contributed by atoms with Crippen LogP contribution in [-0.2, 0) is 0 Å². The molecule has 35 heavy (non-hydrogen) atoms. The molecule has 2 heterocycles. The van der Waals surface area contributed by atoms with Crippen molar-refractivity contribution in [3.8, 4) is 0 Å². The molecule has 3 N–H and O–H groups in total. The number of hydrogen-bond acceptors (Lipinski definition) is 5. The van der Waals surface area contributed by atoms with Crippen LogP contribution in [0.4, 0.5) is 11.4 Å². The summed E-state index contributed by atoms with van der Waals surface area (Å²) in [7, 11) is 0. The second-order valence-corrected chi connectivity index (χ2v) is 8.65. The van der Waals surface area contributed by atoms with Gasteiger partial charge in [0.2, 0.25) is 0 Å². The molecule has 0 aliphatic carbocycles. The molecule has 0 unspecified atom stereocenters. The van der Waals surface area contributed by atoms with E-state index >= 15 is 0 Å². The summed E-state index contributed by atoms with van der Waals surface area (Å²) in [6.07, 6.45) is 0. The normalized spacial score (nSPS) is 11.4. The summed E-state index contributed by atoms with van der Waals surface area (Å²) in [4.78, 5) is 9.62. The Morgan fingerprint density at radius 2 is 0.714 bits per heavy atom. The predicted molar refractivity (Wildman–Crippen MR) is 148 cm³/mol. The van der Waals surface area contributed by atoms with Crippen molar-refractivity contribution in [2.24, 2.45) is 0 Å². The molecule has 0 spiro atoms. The van der Waals surface area contributed by atoms with E-state index in [1.807, 2.05) is 24.3 Å². The van der Waals surface area contributed by atoms with Crippen LogP contribution in [0.25, 0.3) is 43.6 Å². The molecule has 0 radical (unpaired) electrons. The van der Waals surface area contributed by atoms with Crippen LogP contribution in [0.2, 0.25) is 0 Å². The van der Waals surface area contributed by atoms with E-state index in [-0.39, 0.29) is 0 Å².